The van der Waals surface area contributed by atoms with E-state index in [1.54, 1.807) is 31.2 Å². The summed E-state index contributed by atoms with van der Waals surface area (Å²) in [5.41, 5.74) is 0.519. The van der Waals surface area contributed by atoms with Crippen molar-refractivity contribution in [1.29, 1.82) is 0 Å². The van der Waals surface area contributed by atoms with Crippen molar-refractivity contribution >= 4 is 44.8 Å². The lowest BCUT2D eigenvalue weighted by molar-refractivity contribution is -0.385. The summed E-state index contributed by atoms with van der Waals surface area (Å²) >= 11 is 4.40. The Balaban J connectivity index is 1.73. The number of thiophene rings is 1. The summed E-state index contributed by atoms with van der Waals surface area (Å²) in [6, 6.07) is 8.29. The van der Waals surface area contributed by atoms with Crippen LogP contribution in [0.25, 0.3) is 0 Å². The molecule has 2 rings (SSSR count). The van der Waals surface area contributed by atoms with Crippen molar-refractivity contribution in [2.45, 2.75) is 13.3 Å². The minimum Gasteiger partial charge on any atom is -0.352 e. The van der Waals surface area contributed by atoms with Gasteiger partial charge >= 0.3 is 0 Å². The first-order chi connectivity index (χ1) is 11.9. The van der Waals surface area contributed by atoms with Gasteiger partial charge in [-0.05, 0) is 37.6 Å². The second-order valence-electron chi connectivity index (χ2n) is 5.18. The van der Waals surface area contributed by atoms with Gasteiger partial charge in [0.05, 0.1) is 14.7 Å². The van der Waals surface area contributed by atoms with Gasteiger partial charge in [-0.25, -0.2) is 0 Å². The minimum atomic E-state index is -0.500. The standard InChI is InChI=1S/C16H16BrN3O4S/c1-10-13(20(23)24)9-14(25-10)16(22)19-8-2-7-18-15(21)11-3-5-12(17)6-4-11/h3-6,9H,2,7-8H2,1H3,(H,18,21)(H,19,22). The summed E-state index contributed by atoms with van der Waals surface area (Å²) in [4.78, 5) is 35.0. The fourth-order valence-electron chi connectivity index (χ4n) is 2.05. The molecule has 1 aromatic heterocycles. The Morgan fingerprint density at radius 1 is 1.16 bits per heavy atom. The zero-order chi connectivity index (χ0) is 18.4. The Morgan fingerprint density at radius 3 is 2.32 bits per heavy atom. The fourth-order valence-corrected chi connectivity index (χ4v) is 3.22. The van der Waals surface area contributed by atoms with Crippen molar-refractivity contribution in [2.75, 3.05) is 13.1 Å². The third-order valence-electron chi connectivity index (χ3n) is 3.34. The lowest BCUT2D eigenvalue weighted by Crippen LogP contribution is -2.29. The molecule has 9 heteroatoms. The summed E-state index contributed by atoms with van der Waals surface area (Å²) in [6.45, 7) is 2.39. The molecule has 0 aliphatic carbocycles. The fraction of sp³-hybridized carbons (Fsp3) is 0.250. The van der Waals surface area contributed by atoms with E-state index in [-0.39, 0.29) is 17.5 Å². The number of aryl methyl sites for hydroxylation is 1. The van der Waals surface area contributed by atoms with Crippen LogP contribution in [0.4, 0.5) is 5.69 Å². The lowest BCUT2D eigenvalue weighted by Gasteiger charge is -2.06. The zero-order valence-corrected chi connectivity index (χ0v) is 15.8. The Kier molecular flexibility index (Phi) is 6.65. The Bertz CT molecular complexity index is 789. The van der Waals surface area contributed by atoms with Gasteiger partial charge in [0.2, 0.25) is 0 Å². The highest BCUT2D eigenvalue weighted by Crippen LogP contribution is 2.27. The quantitative estimate of drug-likeness (QED) is 0.403. The summed E-state index contributed by atoms with van der Waals surface area (Å²) in [5.74, 6) is -0.524. The van der Waals surface area contributed by atoms with E-state index >= 15 is 0 Å². The molecule has 0 saturated heterocycles. The Hall–Kier alpha value is -2.26. The lowest BCUT2D eigenvalue weighted by atomic mass is 10.2. The van der Waals surface area contributed by atoms with Gasteiger partial charge in [0.25, 0.3) is 17.5 Å². The van der Waals surface area contributed by atoms with Gasteiger partial charge in [-0.15, -0.1) is 11.3 Å². The third-order valence-corrected chi connectivity index (χ3v) is 4.91. The maximum absolute atomic E-state index is 12.0. The largest absolute Gasteiger partial charge is 0.352 e. The SMILES string of the molecule is Cc1sc(C(=O)NCCCNC(=O)c2ccc(Br)cc2)cc1[N+](=O)[O-]. The summed E-state index contributed by atoms with van der Waals surface area (Å²) in [7, 11) is 0. The van der Waals surface area contributed by atoms with Gasteiger partial charge in [-0.1, -0.05) is 15.9 Å². The summed E-state index contributed by atoms with van der Waals surface area (Å²) in [6.07, 6.45) is 0.556. The number of nitrogens with zero attached hydrogens (tertiary/aromatic N) is 1. The number of amides is 2. The number of benzene rings is 1. The Labute approximate surface area is 156 Å². The molecule has 0 radical (unpaired) electrons. The zero-order valence-electron chi connectivity index (χ0n) is 13.4. The van der Waals surface area contributed by atoms with E-state index in [1.807, 2.05) is 0 Å². The number of nitrogens with one attached hydrogen (secondary N) is 2. The molecule has 1 aromatic carbocycles. The van der Waals surface area contributed by atoms with Gasteiger partial charge in [0, 0.05) is 29.2 Å². The first kappa shape index (κ1) is 19.1. The van der Waals surface area contributed by atoms with E-state index in [1.165, 1.54) is 6.07 Å². The molecule has 7 nitrogen and oxygen atoms in total. The topological polar surface area (TPSA) is 101 Å². The van der Waals surface area contributed by atoms with Crippen molar-refractivity contribution < 1.29 is 14.5 Å². The predicted octanol–water partition coefficient (Wildman–Crippen LogP) is 3.28. The smallest absolute Gasteiger partial charge is 0.283 e. The van der Waals surface area contributed by atoms with Gasteiger partial charge in [-0.3, -0.25) is 19.7 Å². The first-order valence-electron chi connectivity index (χ1n) is 7.45. The second-order valence-corrected chi connectivity index (χ2v) is 7.35. The third kappa shape index (κ3) is 5.36. The van der Waals surface area contributed by atoms with Crippen LogP contribution in [-0.4, -0.2) is 29.8 Å². The number of carbonyl (C=O) groups excluding carboxylic acids is 2. The van der Waals surface area contributed by atoms with E-state index in [2.05, 4.69) is 26.6 Å². The molecule has 1 heterocycles. The van der Waals surface area contributed by atoms with Crippen LogP contribution >= 0.6 is 27.3 Å². The van der Waals surface area contributed by atoms with Crippen LogP contribution in [0.1, 0.15) is 31.3 Å². The van der Waals surface area contributed by atoms with Crippen LogP contribution in [-0.2, 0) is 0 Å². The van der Waals surface area contributed by atoms with Crippen molar-refractivity contribution in [1.82, 2.24) is 10.6 Å². The van der Waals surface area contributed by atoms with Crippen molar-refractivity contribution in [3.8, 4) is 0 Å². The molecule has 0 aliphatic heterocycles. The summed E-state index contributed by atoms with van der Waals surface area (Å²) in [5, 5.41) is 16.3. The highest BCUT2D eigenvalue weighted by atomic mass is 79.9. The molecule has 0 atom stereocenters. The summed E-state index contributed by atoms with van der Waals surface area (Å²) < 4.78 is 0.899. The van der Waals surface area contributed by atoms with Gasteiger partial charge < -0.3 is 10.6 Å². The van der Waals surface area contributed by atoms with Crippen molar-refractivity contribution in [3.63, 3.8) is 0 Å². The molecule has 0 spiro atoms. The van der Waals surface area contributed by atoms with E-state index in [4.69, 9.17) is 0 Å². The molecule has 0 unspecified atom stereocenters. The number of rotatable bonds is 7. The maximum atomic E-state index is 12.0. The predicted molar refractivity (Wildman–Crippen MR) is 99.1 cm³/mol. The van der Waals surface area contributed by atoms with E-state index in [0.29, 0.717) is 34.8 Å². The highest BCUT2D eigenvalue weighted by Gasteiger charge is 2.19. The molecular formula is C16H16BrN3O4S. The monoisotopic (exact) mass is 425 g/mol. The minimum absolute atomic E-state index is 0.0445. The highest BCUT2D eigenvalue weighted by molar-refractivity contribution is 9.10. The number of halogens is 1. The number of hydrogen-bond acceptors (Lipinski definition) is 5. The van der Waals surface area contributed by atoms with Crippen LogP contribution in [0, 0.1) is 17.0 Å². The van der Waals surface area contributed by atoms with E-state index in [0.717, 1.165) is 15.8 Å². The van der Waals surface area contributed by atoms with Crippen LogP contribution < -0.4 is 10.6 Å². The van der Waals surface area contributed by atoms with Crippen LogP contribution in [0.15, 0.2) is 34.8 Å². The van der Waals surface area contributed by atoms with Crippen molar-refractivity contribution in [3.05, 3.63) is 60.2 Å². The Morgan fingerprint density at radius 2 is 1.76 bits per heavy atom. The van der Waals surface area contributed by atoms with Gasteiger partial charge in [-0.2, -0.15) is 0 Å². The van der Waals surface area contributed by atoms with Gasteiger partial charge in [0.15, 0.2) is 0 Å². The second kappa shape index (κ2) is 8.72. The van der Waals surface area contributed by atoms with Crippen LogP contribution in [0.3, 0.4) is 0 Å². The molecule has 132 valence electrons. The number of carbonyl (C=O) groups is 2. The number of nitro groups is 1. The molecular weight excluding hydrogens is 410 g/mol. The average molecular weight is 426 g/mol. The molecule has 0 aliphatic rings. The maximum Gasteiger partial charge on any atom is 0.283 e. The molecule has 0 saturated carbocycles. The normalized spacial score (nSPS) is 10.3. The molecule has 0 fully saturated rings. The van der Waals surface area contributed by atoms with Crippen LogP contribution in [0.2, 0.25) is 0 Å². The average Bonchev–Trinajstić information content (AvgIpc) is 2.97. The van der Waals surface area contributed by atoms with Crippen LogP contribution in [0.5, 0.6) is 0 Å². The molecule has 2 amide bonds. The molecule has 0 bridgehead atoms. The molecule has 2 aromatic rings. The molecule has 2 N–H and O–H groups in total. The van der Waals surface area contributed by atoms with Crippen molar-refractivity contribution in [2.24, 2.45) is 0 Å². The first-order valence-corrected chi connectivity index (χ1v) is 9.06. The molecule has 25 heavy (non-hydrogen) atoms. The van der Waals surface area contributed by atoms with E-state index in [9.17, 15) is 19.7 Å². The van der Waals surface area contributed by atoms with E-state index < -0.39 is 4.92 Å². The number of hydrogen-bond donors (Lipinski definition) is 2. The van der Waals surface area contributed by atoms with Gasteiger partial charge in [0.1, 0.15) is 0 Å².